The summed E-state index contributed by atoms with van der Waals surface area (Å²) in [5.41, 5.74) is 1.25. The van der Waals surface area contributed by atoms with Gasteiger partial charge in [-0.1, -0.05) is 18.2 Å². The van der Waals surface area contributed by atoms with Crippen LogP contribution < -0.4 is 0 Å². The summed E-state index contributed by atoms with van der Waals surface area (Å²) >= 11 is 1.68. The Morgan fingerprint density at radius 1 is 1.30 bits per heavy atom. The van der Waals surface area contributed by atoms with Gasteiger partial charge in [0.15, 0.2) is 0 Å². The van der Waals surface area contributed by atoms with Crippen molar-refractivity contribution >= 4 is 11.8 Å². The van der Waals surface area contributed by atoms with Crippen molar-refractivity contribution in [2.75, 3.05) is 5.75 Å². The third-order valence-corrected chi connectivity index (χ3v) is 4.40. The van der Waals surface area contributed by atoms with Crippen molar-refractivity contribution in [2.24, 2.45) is 0 Å². The molecule has 0 amide bonds. The average molecular weight is 291 g/mol. The maximum Gasteiger partial charge on any atom is 0.138 e. The predicted molar refractivity (Wildman–Crippen MR) is 82.0 cm³/mol. The van der Waals surface area contributed by atoms with E-state index in [1.54, 1.807) is 18.1 Å². The van der Waals surface area contributed by atoms with E-state index in [-0.39, 0.29) is 6.04 Å². The fourth-order valence-corrected chi connectivity index (χ4v) is 2.99. The van der Waals surface area contributed by atoms with Crippen LogP contribution in [-0.2, 0) is 6.42 Å². The van der Waals surface area contributed by atoms with Gasteiger partial charge in [-0.2, -0.15) is 5.10 Å². The molecular weight excluding hydrogens is 270 g/mol. The molecule has 0 radical (unpaired) electrons. The number of hydrogen-bond donors (Lipinski definition) is 1. The lowest BCUT2D eigenvalue weighted by atomic mass is 10.2. The van der Waals surface area contributed by atoms with E-state index in [1.807, 2.05) is 16.8 Å². The molecule has 0 saturated heterocycles. The van der Waals surface area contributed by atoms with Crippen LogP contribution in [0.5, 0.6) is 0 Å². The number of aliphatic hydroxyl groups excluding tert-OH is 1. The number of rotatable bonds is 6. The SMILES string of the molecule is Cc1ccccc1SCC(O)Cc1ncnn1C(C)C. The first-order chi connectivity index (χ1) is 9.58. The summed E-state index contributed by atoms with van der Waals surface area (Å²) in [6.45, 7) is 6.21. The predicted octanol–water partition coefficient (Wildman–Crippen LogP) is 2.86. The highest BCUT2D eigenvalue weighted by Gasteiger charge is 2.13. The van der Waals surface area contributed by atoms with Crippen molar-refractivity contribution in [3.05, 3.63) is 42.0 Å². The second-order valence-corrected chi connectivity index (χ2v) is 6.21. The Bertz CT molecular complexity index is 554. The Balaban J connectivity index is 1.91. The van der Waals surface area contributed by atoms with E-state index in [2.05, 4.69) is 43.0 Å². The Morgan fingerprint density at radius 3 is 2.75 bits per heavy atom. The normalized spacial score (nSPS) is 12.8. The van der Waals surface area contributed by atoms with Gasteiger partial charge in [-0.25, -0.2) is 9.67 Å². The van der Waals surface area contributed by atoms with Crippen LogP contribution in [0.3, 0.4) is 0 Å². The van der Waals surface area contributed by atoms with Gasteiger partial charge < -0.3 is 5.11 Å². The molecule has 1 aromatic carbocycles. The number of thioether (sulfide) groups is 1. The molecule has 0 bridgehead atoms. The Labute approximate surface area is 124 Å². The van der Waals surface area contributed by atoms with Crippen LogP contribution in [0.4, 0.5) is 0 Å². The molecule has 0 saturated carbocycles. The van der Waals surface area contributed by atoms with Gasteiger partial charge in [0.1, 0.15) is 12.2 Å². The summed E-state index contributed by atoms with van der Waals surface area (Å²) in [6, 6.07) is 8.49. The van der Waals surface area contributed by atoms with Gasteiger partial charge >= 0.3 is 0 Å². The Kier molecular flexibility index (Phi) is 5.20. The highest BCUT2D eigenvalue weighted by atomic mass is 32.2. The minimum Gasteiger partial charge on any atom is -0.392 e. The van der Waals surface area contributed by atoms with Gasteiger partial charge in [-0.15, -0.1) is 11.8 Å². The van der Waals surface area contributed by atoms with E-state index in [0.29, 0.717) is 12.2 Å². The van der Waals surface area contributed by atoms with Gasteiger partial charge in [-0.3, -0.25) is 0 Å². The van der Waals surface area contributed by atoms with Crippen molar-refractivity contribution in [1.82, 2.24) is 14.8 Å². The fraction of sp³-hybridized carbons (Fsp3) is 0.467. The van der Waals surface area contributed by atoms with Crippen LogP contribution in [0.2, 0.25) is 0 Å². The summed E-state index contributed by atoms with van der Waals surface area (Å²) in [5, 5.41) is 14.4. The molecular formula is C15H21N3OS. The molecule has 1 atom stereocenters. The van der Waals surface area contributed by atoms with Crippen molar-refractivity contribution < 1.29 is 5.11 Å². The van der Waals surface area contributed by atoms with Crippen LogP contribution in [-0.4, -0.2) is 31.7 Å². The summed E-state index contributed by atoms with van der Waals surface area (Å²) in [7, 11) is 0. The highest BCUT2D eigenvalue weighted by molar-refractivity contribution is 7.99. The lowest BCUT2D eigenvalue weighted by Gasteiger charge is -2.13. The smallest absolute Gasteiger partial charge is 0.138 e. The van der Waals surface area contributed by atoms with E-state index < -0.39 is 6.10 Å². The van der Waals surface area contributed by atoms with Crippen LogP contribution in [0, 0.1) is 6.92 Å². The molecule has 108 valence electrons. The van der Waals surface area contributed by atoms with Gasteiger partial charge in [0.2, 0.25) is 0 Å². The first-order valence-electron chi connectivity index (χ1n) is 6.82. The van der Waals surface area contributed by atoms with E-state index in [1.165, 1.54) is 10.5 Å². The summed E-state index contributed by atoms with van der Waals surface area (Å²) in [4.78, 5) is 5.45. The van der Waals surface area contributed by atoms with E-state index in [9.17, 15) is 5.11 Å². The van der Waals surface area contributed by atoms with Crippen LogP contribution in [0.15, 0.2) is 35.5 Å². The fourth-order valence-electron chi connectivity index (χ4n) is 2.03. The van der Waals surface area contributed by atoms with Gasteiger partial charge in [0, 0.05) is 23.1 Å². The zero-order valence-electron chi connectivity index (χ0n) is 12.2. The molecule has 0 spiro atoms. The Hall–Kier alpha value is -1.33. The minimum atomic E-state index is -0.415. The van der Waals surface area contributed by atoms with E-state index >= 15 is 0 Å². The Morgan fingerprint density at radius 2 is 2.05 bits per heavy atom. The maximum absolute atomic E-state index is 10.2. The van der Waals surface area contributed by atoms with Crippen LogP contribution in [0.25, 0.3) is 0 Å². The zero-order chi connectivity index (χ0) is 14.5. The zero-order valence-corrected chi connectivity index (χ0v) is 13.0. The average Bonchev–Trinajstić information content (AvgIpc) is 2.86. The first kappa shape index (κ1) is 15.1. The first-order valence-corrected chi connectivity index (χ1v) is 7.81. The van der Waals surface area contributed by atoms with Crippen molar-refractivity contribution in [1.29, 1.82) is 0 Å². The minimum absolute atomic E-state index is 0.267. The lowest BCUT2D eigenvalue weighted by Crippen LogP contribution is -2.18. The standard InChI is InChI=1S/C15H21N3OS/c1-11(2)18-15(16-10-17-18)8-13(19)9-20-14-7-5-4-6-12(14)3/h4-7,10-11,13,19H,8-9H2,1-3H3. The van der Waals surface area contributed by atoms with E-state index in [4.69, 9.17) is 0 Å². The van der Waals surface area contributed by atoms with E-state index in [0.717, 1.165) is 5.82 Å². The van der Waals surface area contributed by atoms with Crippen molar-refractivity contribution in [2.45, 2.75) is 44.2 Å². The van der Waals surface area contributed by atoms with Crippen LogP contribution >= 0.6 is 11.8 Å². The van der Waals surface area contributed by atoms with Gasteiger partial charge in [0.05, 0.1) is 6.10 Å². The third kappa shape index (κ3) is 3.84. The topological polar surface area (TPSA) is 50.9 Å². The summed E-state index contributed by atoms with van der Waals surface area (Å²) < 4.78 is 1.86. The monoisotopic (exact) mass is 291 g/mol. The molecule has 1 N–H and O–H groups in total. The van der Waals surface area contributed by atoms with Crippen molar-refractivity contribution in [3.63, 3.8) is 0 Å². The number of aliphatic hydroxyl groups is 1. The third-order valence-electron chi connectivity index (χ3n) is 3.08. The number of aromatic nitrogens is 3. The van der Waals surface area contributed by atoms with Crippen molar-refractivity contribution in [3.8, 4) is 0 Å². The number of nitrogens with zero attached hydrogens (tertiary/aromatic N) is 3. The number of benzene rings is 1. The maximum atomic E-state index is 10.2. The molecule has 0 fully saturated rings. The molecule has 2 rings (SSSR count). The molecule has 1 heterocycles. The van der Waals surface area contributed by atoms with Gasteiger partial charge in [0.25, 0.3) is 0 Å². The lowest BCUT2D eigenvalue weighted by molar-refractivity contribution is 0.195. The molecule has 2 aromatic rings. The highest BCUT2D eigenvalue weighted by Crippen LogP contribution is 2.23. The molecule has 1 unspecified atom stereocenters. The number of hydrogen-bond acceptors (Lipinski definition) is 4. The second kappa shape index (κ2) is 6.90. The number of aryl methyl sites for hydroxylation is 1. The largest absolute Gasteiger partial charge is 0.392 e. The molecule has 0 aliphatic rings. The quantitative estimate of drug-likeness (QED) is 0.832. The van der Waals surface area contributed by atoms with Crippen LogP contribution in [0.1, 0.15) is 31.3 Å². The summed E-state index contributed by atoms with van der Waals surface area (Å²) in [5.74, 6) is 1.51. The molecule has 4 nitrogen and oxygen atoms in total. The second-order valence-electron chi connectivity index (χ2n) is 5.15. The molecule has 1 aromatic heterocycles. The molecule has 5 heteroatoms. The summed E-state index contributed by atoms with van der Waals surface area (Å²) in [6.07, 6.45) is 1.68. The molecule has 20 heavy (non-hydrogen) atoms. The molecule has 0 aliphatic heterocycles. The molecule has 0 aliphatic carbocycles. The van der Waals surface area contributed by atoms with Gasteiger partial charge in [-0.05, 0) is 32.4 Å².